The Kier molecular flexibility index (Phi) is 3.81. The van der Waals surface area contributed by atoms with Crippen LogP contribution in [0.4, 0.5) is 0 Å². The summed E-state index contributed by atoms with van der Waals surface area (Å²) in [5.41, 5.74) is 4.55. The number of rotatable bonds is 2. The predicted molar refractivity (Wildman–Crippen MR) is 87.4 cm³/mol. The lowest BCUT2D eigenvalue weighted by molar-refractivity contribution is 0.455. The van der Waals surface area contributed by atoms with E-state index < -0.39 is 0 Å². The highest BCUT2D eigenvalue weighted by Gasteiger charge is 2.27. The van der Waals surface area contributed by atoms with E-state index in [2.05, 4.69) is 60.1 Å². The first-order valence-corrected chi connectivity index (χ1v) is 8.66. The van der Waals surface area contributed by atoms with Crippen LogP contribution < -0.4 is 0 Å². The minimum Gasteiger partial charge on any atom is -0.144 e. The second kappa shape index (κ2) is 5.41. The van der Waals surface area contributed by atoms with Crippen molar-refractivity contribution in [3.63, 3.8) is 0 Å². The fourth-order valence-electron chi connectivity index (χ4n) is 3.12. The topological polar surface area (TPSA) is 0 Å². The summed E-state index contributed by atoms with van der Waals surface area (Å²) < 4.78 is 0. The van der Waals surface area contributed by atoms with Gasteiger partial charge in [-0.15, -0.1) is 11.3 Å². The lowest BCUT2D eigenvalue weighted by Crippen LogP contribution is -2.18. The van der Waals surface area contributed by atoms with E-state index in [1.165, 1.54) is 34.6 Å². The van der Waals surface area contributed by atoms with E-state index >= 15 is 0 Å². The van der Waals surface area contributed by atoms with E-state index in [4.69, 9.17) is 0 Å². The molecule has 0 nitrogen and oxygen atoms in total. The van der Waals surface area contributed by atoms with Crippen molar-refractivity contribution in [2.24, 2.45) is 5.92 Å². The van der Waals surface area contributed by atoms with Crippen molar-refractivity contribution in [1.82, 2.24) is 0 Å². The van der Waals surface area contributed by atoms with Crippen molar-refractivity contribution in [2.75, 3.05) is 0 Å². The Morgan fingerprint density at radius 2 is 1.95 bits per heavy atom. The van der Waals surface area contributed by atoms with E-state index in [0.29, 0.717) is 4.83 Å². The number of fused-ring (bicyclic) bond motifs is 1. The van der Waals surface area contributed by atoms with Crippen molar-refractivity contribution in [3.05, 3.63) is 56.8 Å². The highest BCUT2D eigenvalue weighted by atomic mass is 79.9. The van der Waals surface area contributed by atoms with Gasteiger partial charge in [-0.25, -0.2) is 0 Å². The summed E-state index contributed by atoms with van der Waals surface area (Å²) in [5.74, 6) is 0.728. The Morgan fingerprint density at radius 3 is 2.63 bits per heavy atom. The highest BCUT2D eigenvalue weighted by molar-refractivity contribution is 9.09. The monoisotopic (exact) mass is 334 g/mol. The van der Waals surface area contributed by atoms with Gasteiger partial charge in [-0.05, 0) is 61.8 Å². The Bertz CT molecular complexity index is 585. The van der Waals surface area contributed by atoms with Gasteiger partial charge in [0.25, 0.3) is 0 Å². The third-order valence-electron chi connectivity index (χ3n) is 4.13. The van der Waals surface area contributed by atoms with Crippen LogP contribution >= 0.6 is 27.3 Å². The van der Waals surface area contributed by atoms with Crippen molar-refractivity contribution < 1.29 is 0 Å². The molecule has 0 amide bonds. The molecule has 0 saturated heterocycles. The zero-order chi connectivity index (χ0) is 13.4. The second-order valence-electron chi connectivity index (χ2n) is 5.58. The molecule has 2 atom stereocenters. The zero-order valence-electron chi connectivity index (χ0n) is 11.4. The number of hydrogen-bond acceptors (Lipinski definition) is 1. The number of aryl methyl sites for hydroxylation is 3. The molecule has 1 aliphatic carbocycles. The Labute approximate surface area is 128 Å². The maximum Gasteiger partial charge on any atom is 0.0523 e. The van der Waals surface area contributed by atoms with Gasteiger partial charge in [0.1, 0.15) is 0 Å². The summed E-state index contributed by atoms with van der Waals surface area (Å²) in [6, 6.07) is 11.2. The molecular formula is C17H19BrS. The first-order valence-electron chi connectivity index (χ1n) is 6.93. The third-order valence-corrected chi connectivity index (χ3v) is 6.87. The number of hydrogen-bond donors (Lipinski definition) is 0. The van der Waals surface area contributed by atoms with Crippen LogP contribution in [-0.4, -0.2) is 0 Å². The molecule has 0 N–H and O–H groups in total. The van der Waals surface area contributed by atoms with Gasteiger partial charge in [0.15, 0.2) is 0 Å². The number of halogens is 1. The average Bonchev–Trinajstić information content (AvgIpc) is 2.76. The van der Waals surface area contributed by atoms with E-state index in [1.54, 1.807) is 11.1 Å². The lowest BCUT2D eigenvalue weighted by Gasteiger charge is -2.28. The van der Waals surface area contributed by atoms with Gasteiger partial charge in [0.2, 0.25) is 0 Å². The van der Waals surface area contributed by atoms with E-state index in [1.807, 2.05) is 11.3 Å². The average molecular weight is 335 g/mol. The van der Waals surface area contributed by atoms with E-state index in [0.717, 1.165) is 5.92 Å². The van der Waals surface area contributed by atoms with Crippen molar-refractivity contribution in [2.45, 2.75) is 37.9 Å². The van der Waals surface area contributed by atoms with Gasteiger partial charge >= 0.3 is 0 Å². The number of benzene rings is 1. The molecule has 0 spiro atoms. The van der Waals surface area contributed by atoms with Crippen LogP contribution in [0.5, 0.6) is 0 Å². The molecule has 1 heterocycles. The second-order valence-corrected chi connectivity index (χ2v) is 7.85. The largest absolute Gasteiger partial charge is 0.144 e. The van der Waals surface area contributed by atoms with Crippen molar-refractivity contribution >= 4 is 27.3 Å². The molecule has 2 unspecified atom stereocenters. The Hall–Kier alpha value is -0.600. The molecule has 0 radical (unpaired) electrons. The molecule has 2 heteroatoms. The number of thiophene rings is 1. The van der Waals surface area contributed by atoms with E-state index in [-0.39, 0.29) is 0 Å². The Morgan fingerprint density at radius 1 is 1.21 bits per heavy atom. The molecule has 1 aromatic heterocycles. The molecule has 3 rings (SSSR count). The molecule has 0 saturated carbocycles. The summed E-state index contributed by atoms with van der Waals surface area (Å²) in [4.78, 5) is 3.47. The minimum atomic E-state index is 0.513. The standard InChI is InChI=1S/C17H19BrS/c1-11-9-12(2)19-17(11)16(18)15-8-7-13-5-3-4-6-14(13)10-15/h3-6,9,15-16H,7-8,10H2,1-2H3. The smallest absolute Gasteiger partial charge is 0.0523 e. The fourth-order valence-corrected chi connectivity index (χ4v) is 5.32. The molecule has 100 valence electrons. The molecule has 0 bridgehead atoms. The van der Waals surface area contributed by atoms with E-state index in [9.17, 15) is 0 Å². The summed E-state index contributed by atoms with van der Waals surface area (Å²) >= 11 is 5.92. The quantitative estimate of drug-likeness (QED) is 0.626. The lowest BCUT2D eigenvalue weighted by atomic mass is 9.81. The van der Waals surface area contributed by atoms with Crippen molar-refractivity contribution in [1.29, 1.82) is 0 Å². The van der Waals surface area contributed by atoms with Crippen LogP contribution in [-0.2, 0) is 12.8 Å². The van der Waals surface area contributed by atoms with Crippen LogP contribution in [0.15, 0.2) is 30.3 Å². The molecule has 0 aliphatic heterocycles. The molecular weight excluding hydrogens is 316 g/mol. The molecule has 2 aromatic rings. The summed E-state index contributed by atoms with van der Waals surface area (Å²) in [7, 11) is 0. The molecule has 0 fully saturated rings. The van der Waals surface area contributed by atoms with Crippen LogP contribution in [0.25, 0.3) is 0 Å². The number of alkyl halides is 1. The highest BCUT2D eigenvalue weighted by Crippen LogP contribution is 2.43. The molecule has 19 heavy (non-hydrogen) atoms. The first kappa shape index (κ1) is 13.4. The SMILES string of the molecule is Cc1cc(C)c(C(Br)C2CCc3ccccc3C2)s1. The summed E-state index contributed by atoms with van der Waals surface area (Å²) in [5, 5.41) is 0. The van der Waals surface area contributed by atoms with Crippen LogP contribution in [0.1, 0.15) is 37.7 Å². The molecule has 1 aliphatic rings. The van der Waals surface area contributed by atoms with Gasteiger partial charge in [0, 0.05) is 9.75 Å². The summed E-state index contributed by atoms with van der Waals surface area (Å²) in [6.07, 6.45) is 3.73. The van der Waals surface area contributed by atoms with Crippen molar-refractivity contribution in [3.8, 4) is 0 Å². The fraction of sp³-hybridized carbons (Fsp3) is 0.412. The predicted octanol–water partition coefficient (Wildman–Crippen LogP) is 5.61. The Balaban J connectivity index is 1.83. The zero-order valence-corrected chi connectivity index (χ0v) is 13.9. The first-order chi connectivity index (χ1) is 9.15. The minimum absolute atomic E-state index is 0.513. The third kappa shape index (κ3) is 2.66. The van der Waals surface area contributed by atoms with Crippen LogP contribution in [0, 0.1) is 19.8 Å². The van der Waals surface area contributed by atoms with Gasteiger partial charge in [-0.3, -0.25) is 0 Å². The normalized spacial score (nSPS) is 20.1. The van der Waals surface area contributed by atoms with Gasteiger partial charge in [0.05, 0.1) is 4.83 Å². The molecule has 1 aromatic carbocycles. The van der Waals surface area contributed by atoms with Gasteiger partial charge in [-0.2, -0.15) is 0 Å². The van der Waals surface area contributed by atoms with Crippen LogP contribution in [0.3, 0.4) is 0 Å². The maximum atomic E-state index is 3.97. The van der Waals surface area contributed by atoms with Crippen LogP contribution in [0.2, 0.25) is 0 Å². The maximum absolute atomic E-state index is 3.97. The van der Waals surface area contributed by atoms with Gasteiger partial charge < -0.3 is 0 Å². The summed E-state index contributed by atoms with van der Waals surface area (Å²) in [6.45, 7) is 4.45. The van der Waals surface area contributed by atoms with Gasteiger partial charge in [-0.1, -0.05) is 40.2 Å².